The van der Waals surface area contributed by atoms with Crippen LogP contribution in [0.2, 0.25) is 0 Å². The number of rotatable bonds is 3. The molecular formula is C16H25NS. The summed E-state index contributed by atoms with van der Waals surface area (Å²) in [6.07, 6.45) is 6.72. The van der Waals surface area contributed by atoms with Gasteiger partial charge < -0.3 is 5.32 Å². The SMILES string of the molecule is CC1CC(C)(C)CC1NCc1cc2c(s1)CCC2. The van der Waals surface area contributed by atoms with Gasteiger partial charge >= 0.3 is 0 Å². The topological polar surface area (TPSA) is 12.0 Å². The maximum absolute atomic E-state index is 3.80. The number of aryl methyl sites for hydroxylation is 2. The van der Waals surface area contributed by atoms with Gasteiger partial charge in [-0.25, -0.2) is 0 Å². The molecule has 1 aromatic rings. The van der Waals surface area contributed by atoms with Crippen molar-refractivity contribution in [2.24, 2.45) is 11.3 Å². The Kier molecular flexibility index (Phi) is 3.27. The van der Waals surface area contributed by atoms with Gasteiger partial charge in [-0.1, -0.05) is 20.8 Å². The smallest absolute Gasteiger partial charge is 0.0302 e. The van der Waals surface area contributed by atoms with Crippen LogP contribution in [0.1, 0.15) is 55.4 Å². The van der Waals surface area contributed by atoms with E-state index in [0.29, 0.717) is 5.41 Å². The largest absolute Gasteiger partial charge is 0.309 e. The minimum atomic E-state index is 0.536. The van der Waals surface area contributed by atoms with Gasteiger partial charge in [-0.05, 0) is 55.1 Å². The zero-order valence-corrected chi connectivity index (χ0v) is 12.7. The Morgan fingerprint density at radius 3 is 2.83 bits per heavy atom. The van der Waals surface area contributed by atoms with E-state index in [0.717, 1.165) is 18.5 Å². The second-order valence-corrected chi connectivity index (χ2v) is 8.27. The van der Waals surface area contributed by atoms with E-state index in [2.05, 4.69) is 32.2 Å². The van der Waals surface area contributed by atoms with Gasteiger partial charge in [-0.2, -0.15) is 0 Å². The lowest BCUT2D eigenvalue weighted by molar-refractivity contribution is 0.362. The van der Waals surface area contributed by atoms with Crippen molar-refractivity contribution in [2.45, 2.75) is 65.5 Å². The maximum Gasteiger partial charge on any atom is 0.0302 e. The lowest BCUT2D eigenvalue weighted by Crippen LogP contribution is -2.30. The van der Waals surface area contributed by atoms with Crippen LogP contribution in [0.3, 0.4) is 0 Å². The third kappa shape index (κ3) is 2.50. The van der Waals surface area contributed by atoms with E-state index >= 15 is 0 Å². The van der Waals surface area contributed by atoms with Crippen LogP contribution >= 0.6 is 11.3 Å². The predicted octanol–water partition coefficient (Wildman–Crippen LogP) is 4.15. The predicted molar refractivity (Wildman–Crippen MR) is 79.2 cm³/mol. The first-order valence-electron chi connectivity index (χ1n) is 7.37. The standard InChI is InChI=1S/C16H25NS/c1-11-8-16(2,3)9-14(11)17-10-13-7-12-5-4-6-15(12)18-13/h7,11,14,17H,4-6,8-10H2,1-3H3. The Labute approximate surface area is 115 Å². The number of hydrogen-bond donors (Lipinski definition) is 1. The molecule has 100 valence electrons. The van der Waals surface area contributed by atoms with Gasteiger partial charge in [0.25, 0.3) is 0 Å². The van der Waals surface area contributed by atoms with Gasteiger partial charge in [0.2, 0.25) is 0 Å². The molecule has 0 saturated heterocycles. The molecule has 2 aliphatic carbocycles. The molecule has 0 radical (unpaired) electrons. The Morgan fingerprint density at radius 1 is 1.33 bits per heavy atom. The number of hydrogen-bond acceptors (Lipinski definition) is 2. The van der Waals surface area contributed by atoms with Gasteiger partial charge in [0.1, 0.15) is 0 Å². The van der Waals surface area contributed by atoms with E-state index in [1.165, 1.54) is 32.1 Å². The van der Waals surface area contributed by atoms with Gasteiger partial charge in [0.05, 0.1) is 0 Å². The average molecular weight is 263 g/mol. The average Bonchev–Trinajstić information content (AvgIpc) is 2.88. The van der Waals surface area contributed by atoms with Gasteiger partial charge in [-0.3, -0.25) is 0 Å². The van der Waals surface area contributed by atoms with Crippen molar-refractivity contribution in [3.05, 3.63) is 21.4 Å². The Morgan fingerprint density at radius 2 is 2.17 bits per heavy atom. The molecule has 18 heavy (non-hydrogen) atoms. The molecule has 1 fully saturated rings. The summed E-state index contributed by atoms with van der Waals surface area (Å²) in [6, 6.07) is 3.17. The van der Waals surface area contributed by atoms with E-state index < -0.39 is 0 Å². The molecule has 2 heteroatoms. The second kappa shape index (κ2) is 4.64. The molecule has 1 heterocycles. The first-order chi connectivity index (χ1) is 8.53. The fraction of sp³-hybridized carbons (Fsp3) is 0.750. The Balaban J connectivity index is 1.58. The third-order valence-electron chi connectivity index (χ3n) is 4.67. The fourth-order valence-corrected chi connectivity index (χ4v) is 5.09. The van der Waals surface area contributed by atoms with Crippen LogP contribution in [0.25, 0.3) is 0 Å². The summed E-state index contributed by atoms with van der Waals surface area (Å²) in [4.78, 5) is 3.21. The van der Waals surface area contributed by atoms with Gasteiger partial charge in [-0.15, -0.1) is 11.3 Å². The van der Waals surface area contributed by atoms with E-state index in [-0.39, 0.29) is 0 Å². The molecule has 1 nitrogen and oxygen atoms in total. The first-order valence-corrected chi connectivity index (χ1v) is 8.19. The lowest BCUT2D eigenvalue weighted by Gasteiger charge is -2.18. The molecule has 1 saturated carbocycles. The van der Waals surface area contributed by atoms with Crippen LogP contribution in [0.4, 0.5) is 0 Å². The highest BCUT2D eigenvalue weighted by Gasteiger charge is 2.36. The summed E-state index contributed by atoms with van der Waals surface area (Å²) in [6.45, 7) is 8.30. The normalized spacial score (nSPS) is 29.7. The minimum Gasteiger partial charge on any atom is -0.309 e. The lowest BCUT2D eigenvalue weighted by atomic mass is 9.91. The van der Waals surface area contributed by atoms with E-state index in [1.807, 2.05) is 11.3 Å². The minimum absolute atomic E-state index is 0.536. The molecule has 0 spiro atoms. The molecule has 0 aliphatic heterocycles. The van der Waals surface area contributed by atoms with Gasteiger partial charge in [0.15, 0.2) is 0 Å². The van der Waals surface area contributed by atoms with Crippen molar-refractivity contribution in [1.29, 1.82) is 0 Å². The fourth-order valence-electron chi connectivity index (χ4n) is 3.88. The Hall–Kier alpha value is -0.340. The summed E-state index contributed by atoms with van der Waals surface area (Å²) in [5, 5.41) is 3.80. The zero-order valence-electron chi connectivity index (χ0n) is 11.9. The van der Waals surface area contributed by atoms with Crippen LogP contribution in [-0.2, 0) is 19.4 Å². The Bertz CT molecular complexity index is 411. The number of thiophene rings is 1. The summed E-state index contributed by atoms with van der Waals surface area (Å²) in [5.74, 6) is 0.826. The molecule has 0 bridgehead atoms. The molecule has 3 rings (SSSR count). The van der Waals surface area contributed by atoms with Crippen LogP contribution < -0.4 is 5.32 Å². The van der Waals surface area contributed by atoms with E-state index in [9.17, 15) is 0 Å². The maximum atomic E-state index is 3.80. The molecule has 2 atom stereocenters. The van der Waals surface area contributed by atoms with Gasteiger partial charge in [0, 0.05) is 22.3 Å². The van der Waals surface area contributed by atoms with Crippen LogP contribution in [0.15, 0.2) is 6.07 Å². The van der Waals surface area contributed by atoms with Crippen molar-refractivity contribution in [3.8, 4) is 0 Å². The summed E-state index contributed by atoms with van der Waals surface area (Å²) < 4.78 is 0. The van der Waals surface area contributed by atoms with Crippen LogP contribution in [0.5, 0.6) is 0 Å². The third-order valence-corrected chi connectivity index (χ3v) is 5.91. The molecule has 1 N–H and O–H groups in total. The summed E-state index contributed by atoms with van der Waals surface area (Å²) >= 11 is 2.04. The van der Waals surface area contributed by atoms with Crippen LogP contribution in [-0.4, -0.2) is 6.04 Å². The first kappa shape index (κ1) is 12.7. The number of fused-ring (bicyclic) bond motifs is 1. The van der Waals surface area contributed by atoms with Crippen molar-refractivity contribution in [3.63, 3.8) is 0 Å². The van der Waals surface area contributed by atoms with E-state index in [4.69, 9.17) is 0 Å². The monoisotopic (exact) mass is 263 g/mol. The highest BCUT2D eigenvalue weighted by atomic mass is 32.1. The summed E-state index contributed by atoms with van der Waals surface area (Å²) in [5.41, 5.74) is 2.17. The molecule has 2 unspecified atom stereocenters. The highest BCUT2D eigenvalue weighted by Crippen LogP contribution is 2.41. The molecule has 2 aliphatic rings. The van der Waals surface area contributed by atoms with Crippen molar-refractivity contribution < 1.29 is 0 Å². The van der Waals surface area contributed by atoms with E-state index in [1.54, 1.807) is 15.3 Å². The molecule has 0 amide bonds. The highest BCUT2D eigenvalue weighted by molar-refractivity contribution is 7.12. The molecular weight excluding hydrogens is 238 g/mol. The second-order valence-electron chi connectivity index (χ2n) is 7.05. The van der Waals surface area contributed by atoms with Crippen molar-refractivity contribution >= 4 is 11.3 Å². The molecule has 0 aromatic carbocycles. The zero-order chi connectivity index (χ0) is 12.8. The van der Waals surface area contributed by atoms with Crippen molar-refractivity contribution in [1.82, 2.24) is 5.32 Å². The van der Waals surface area contributed by atoms with Crippen LogP contribution in [0, 0.1) is 11.3 Å². The number of nitrogens with one attached hydrogen (secondary N) is 1. The quantitative estimate of drug-likeness (QED) is 0.864. The van der Waals surface area contributed by atoms with Crippen molar-refractivity contribution in [2.75, 3.05) is 0 Å². The summed E-state index contributed by atoms with van der Waals surface area (Å²) in [7, 11) is 0. The molecule has 1 aromatic heterocycles.